The normalized spacial score (nSPS) is 12.6. The number of hydrogen-bond acceptors (Lipinski definition) is 2. The molecule has 8 aromatic rings. The number of carbonyl (C=O) groups is 2. The van der Waals surface area contributed by atoms with Crippen molar-refractivity contribution in [2.24, 2.45) is 0 Å². The molecular formula is C47H32N2O2. The molecule has 0 atom stereocenters. The second-order valence-electron chi connectivity index (χ2n) is 13.0. The minimum absolute atomic E-state index is 0.146. The van der Waals surface area contributed by atoms with Crippen LogP contribution < -0.4 is 10.6 Å². The maximum atomic E-state index is 13.5. The lowest BCUT2D eigenvalue weighted by Crippen LogP contribution is -2.28. The van der Waals surface area contributed by atoms with Crippen LogP contribution in [0.1, 0.15) is 43.0 Å². The maximum absolute atomic E-state index is 13.5. The quantitative estimate of drug-likeness (QED) is 0.187. The van der Waals surface area contributed by atoms with Crippen LogP contribution in [0.3, 0.4) is 0 Å². The van der Waals surface area contributed by atoms with E-state index < -0.39 is 5.41 Å². The van der Waals surface area contributed by atoms with Gasteiger partial charge in [0.1, 0.15) is 0 Å². The third kappa shape index (κ3) is 5.00. The summed E-state index contributed by atoms with van der Waals surface area (Å²) in [6, 6.07) is 61.0. The van der Waals surface area contributed by atoms with Crippen molar-refractivity contribution < 1.29 is 9.59 Å². The van der Waals surface area contributed by atoms with Gasteiger partial charge in [0.05, 0.1) is 5.41 Å². The monoisotopic (exact) mass is 656 g/mol. The molecular weight excluding hydrogens is 625 g/mol. The van der Waals surface area contributed by atoms with Gasteiger partial charge in [0.2, 0.25) is 0 Å². The second kappa shape index (κ2) is 12.3. The molecule has 0 fully saturated rings. The van der Waals surface area contributed by atoms with Gasteiger partial charge in [-0.2, -0.15) is 0 Å². The molecule has 0 unspecified atom stereocenters. The van der Waals surface area contributed by atoms with Crippen LogP contribution in [-0.2, 0) is 5.41 Å². The summed E-state index contributed by atoms with van der Waals surface area (Å²) in [5, 5.41) is 10.2. The molecule has 1 aliphatic rings. The summed E-state index contributed by atoms with van der Waals surface area (Å²) in [5.41, 5.74) is 9.01. The molecule has 1 aliphatic carbocycles. The van der Waals surface area contributed by atoms with E-state index in [9.17, 15) is 9.59 Å². The molecule has 51 heavy (non-hydrogen) atoms. The zero-order valence-corrected chi connectivity index (χ0v) is 27.6. The molecule has 9 rings (SSSR count). The number of amides is 2. The van der Waals surface area contributed by atoms with Gasteiger partial charge in [-0.1, -0.05) is 146 Å². The lowest BCUT2D eigenvalue weighted by atomic mass is 9.67. The van der Waals surface area contributed by atoms with Gasteiger partial charge in [0.15, 0.2) is 0 Å². The van der Waals surface area contributed by atoms with E-state index in [1.807, 2.05) is 109 Å². The SMILES string of the molecule is O=C(Nc1ccc(C2(c3ccc(NC(=O)c4cccc5ccccc45)cc3)c3ccccc3-c3ccccc32)cc1)c1cccc2ccccc12. The fourth-order valence-electron chi connectivity index (χ4n) is 7.87. The Labute approximate surface area is 296 Å². The van der Waals surface area contributed by atoms with Gasteiger partial charge in [-0.25, -0.2) is 0 Å². The smallest absolute Gasteiger partial charge is 0.256 e. The summed E-state index contributed by atoms with van der Waals surface area (Å²) >= 11 is 0. The zero-order valence-electron chi connectivity index (χ0n) is 27.6. The van der Waals surface area contributed by atoms with Crippen molar-refractivity contribution in [3.8, 4) is 11.1 Å². The first-order chi connectivity index (χ1) is 25.1. The van der Waals surface area contributed by atoms with E-state index in [4.69, 9.17) is 0 Å². The van der Waals surface area contributed by atoms with Crippen LogP contribution in [0.2, 0.25) is 0 Å². The highest BCUT2D eigenvalue weighted by Crippen LogP contribution is 2.56. The summed E-state index contributed by atoms with van der Waals surface area (Å²) in [4.78, 5) is 27.0. The summed E-state index contributed by atoms with van der Waals surface area (Å²) in [5.74, 6) is -0.293. The van der Waals surface area contributed by atoms with Crippen LogP contribution in [0.15, 0.2) is 182 Å². The van der Waals surface area contributed by atoms with Crippen molar-refractivity contribution in [1.82, 2.24) is 0 Å². The molecule has 0 spiro atoms. The summed E-state index contributed by atoms with van der Waals surface area (Å²) < 4.78 is 0. The second-order valence-corrected chi connectivity index (χ2v) is 13.0. The number of rotatable bonds is 6. The van der Waals surface area contributed by atoms with Gasteiger partial charge in [0.25, 0.3) is 11.8 Å². The van der Waals surface area contributed by atoms with E-state index in [2.05, 4.69) is 83.4 Å². The average Bonchev–Trinajstić information content (AvgIpc) is 3.49. The molecule has 4 heteroatoms. The minimum atomic E-state index is -0.621. The van der Waals surface area contributed by atoms with E-state index in [0.717, 1.165) is 44.0 Å². The predicted octanol–water partition coefficient (Wildman–Crippen LogP) is 10.9. The van der Waals surface area contributed by atoms with Crippen LogP contribution in [-0.4, -0.2) is 11.8 Å². The van der Waals surface area contributed by atoms with Gasteiger partial charge >= 0.3 is 0 Å². The van der Waals surface area contributed by atoms with E-state index >= 15 is 0 Å². The Morgan fingerprint density at radius 3 is 1.20 bits per heavy atom. The molecule has 0 aromatic heterocycles. The third-order valence-corrected chi connectivity index (χ3v) is 10.2. The first kappa shape index (κ1) is 30.3. The maximum Gasteiger partial charge on any atom is 0.256 e. The molecule has 0 saturated heterocycles. The summed E-state index contributed by atoms with van der Waals surface area (Å²) in [6.07, 6.45) is 0. The molecule has 2 amide bonds. The van der Waals surface area contributed by atoms with Crippen molar-refractivity contribution in [3.63, 3.8) is 0 Å². The first-order valence-electron chi connectivity index (χ1n) is 17.1. The standard InChI is InChI=1S/C47H32N2O2/c50-45(41-19-9-13-31-11-1-3-15-37(31)41)48-35-27-23-33(24-28-35)47(43-21-7-5-17-39(43)40-18-6-8-22-44(40)47)34-25-29-36(30-26-34)49-46(51)42-20-10-14-32-12-2-4-16-38(32)42/h1-30H,(H,48,50)(H,49,51). The van der Waals surface area contributed by atoms with E-state index in [0.29, 0.717) is 11.1 Å². The van der Waals surface area contributed by atoms with Crippen LogP contribution >= 0.6 is 0 Å². The number of nitrogens with one attached hydrogen (secondary N) is 2. The van der Waals surface area contributed by atoms with Gasteiger partial charge in [-0.05, 0) is 91.3 Å². The predicted molar refractivity (Wildman–Crippen MR) is 208 cm³/mol. The van der Waals surface area contributed by atoms with Crippen molar-refractivity contribution in [2.75, 3.05) is 10.6 Å². The fourth-order valence-corrected chi connectivity index (χ4v) is 7.87. The van der Waals surface area contributed by atoms with Gasteiger partial charge in [0, 0.05) is 22.5 Å². The Hall–Kier alpha value is -6.78. The lowest BCUT2D eigenvalue weighted by Gasteiger charge is -2.34. The lowest BCUT2D eigenvalue weighted by molar-refractivity contribution is 0.102. The van der Waals surface area contributed by atoms with E-state index in [1.165, 1.54) is 22.3 Å². The van der Waals surface area contributed by atoms with Crippen LogP contribution in [0.5, 0.6) is 0 Å². The molecule has 0 radical (unpaired) electrons. The highest BCUT2D eigenvalue weighted by molar-refractivity contribution is 6.14. The van der Waals surface area contributed by atoms with Crippen LogP contribution in [0.4, 0.5) is 11.4 Å². The molecule has 8 aromatic carbocycles. The molecule has 0 heterocycles. The number of hydrogen-bond donors (Lipinski definition) is 2. The highest BCUT2D eigenvalue weighted by atomic mass is 16.2. The number of carbonyl (C=O) groups excluding carboxylic acids is 2. The summed E-state index contributed by atoms with van der Waals surface area (Å²) in [7, 11) is 0. The largest absolute Gasteiger partial charge is 0.322 e. The molecule has 4 nitrogen and oxygen atoms in total. The Kier molecular flexibility index (Phi) is 7.29. The van der Waals surface area contributed by atoms with E-state index in [-0.39, 0.29) is 11.8 Å². The van der Waals surface area contributed by atoms with Crippen molar-refractivity contribution in [2.45, 2.75) is 5.41 Å². The van der Waals surface area contributed by atoms with Crippen LogP contribution in [0, 0.1) is 0 Å². The summed E-state index contributed by atoms with van der Waals surface area (Å²) in [6.45, 7) is 0. The fraction of sp³-hybridized carbons (Fsp3) is 0.0213. The Morgan fingerprint density at radius 2 is 0.745 bits per heavy atom. The van der Waals surface area contributed by atoms with Gasteiger partial charge in [-0.3, -0.25) is 9.59 Å². The zero-order chi connectivity index (χ0) is 34.4. The Bertz CT molecular complexity index is 2430. The van der Waals surface area contributed by atoms with Crippen molar-refractivity contribution in [3.05, 3.63) is 215 Å². The molecule has 0 aliphatic heterocycles. The van der Waals surface area contributed by atoms with Gasteiger partial charge in [-0.15, -0.1) is 0 Å². The van der Waals surface area contributed by atoms with Gasteiger partial charge < -0.3 is 10.6 Å². The number of anilines is 2. The Morgan fingerprint density at radius 1 is 0.373 bits per heavy atom. The third-order valence-electron chi connectivity index (χ3n) is 10.2. The topological polar surface area (TPSA) is 58.2 Å². The molecule has 242 valence electrons. The molecule has 0 saturated carbocycles. The molecule has 0 bridgehead atoms. The van der Waals surface area contributed by atoms with Crippen molar-refractivity contribution in [1.29, 1.82) is 0 Å². The Balaban J connectivity index is 1.09. The molecule has 2 N–H and O–H groups in total. The van der Waals surface area contributed by atoms with Crippen LogP contribution in [0.25, 0.3) is 32.7 Å². The number of fused-ring (bicyclic) bond motifs is 5. The van der Waals surface area contributed by atoms with E-state index in [1.54, 1.807) is 0 Å². The average molecular weight is 657 g/mol. The minimum Gasteiger partial charge on any atom is -0.322 e. The highest BCUT2D eigenvalue weighted by Gasteiger charge is 2.45. The first-order valence-corrected chi connectivity index (χ1v) is 17.1. The van der Waals surface area contributed by atoms with Crippen molar-refractivity contribution >= 4 is 44.7 Å². The number of benzene rings is 8.